The molecule has 550 valence electrons. The number of nitrogens with one attached hydrogen (secondary N) is 1. The van der Waals surface area contributed by atoms with Gasteiger partial charge in [0.05, 0.1) is 28.2 Å². The highest BCUT2D eigenvalue weighted by Gasteiger charge is 2.34. The second-order valence-corrected chi connectivity index (χ2v) is 35.4. The molecule has 1 fully saturated rings. The molecule has 3 aliphatic rings. The Bertz CT molecular complexity index is 3520. The quantitative estimate of drug-likeness (QED) is 0.134. The van der Waals surface area contributed by atoms with E-state index >= 15 is 0 Å². The number of likely N-dealkylation sites (tertiary alicyclic amines) is 1. The number of H-pyrrole nitrogens is 1. The Morgan fingerprint density at radius 1 is 0.670 bits per heavy atom. The minimum absolute atomic E-state index is 0.0260. The van der Waals surface area contributed by atoms with E-state index in [1.165, 1.54) is 34.5 Å². The fourth-order valence-corrected chi connectivity index (χ4v) is 11.0. The number of aromatic nitrogens is 10. The van der Waals surface area contributed by atoms with Crippen molar-refractivity contribution < 1.29 is 14.4 Å². The first-order valence-corrected chi connectivity index (χ1v) is 36.5. The molecule has 0 bridgehead atoms. The second kappa shape index (κ2) is 41.9. The molecule has 3 unspecified atom stereocenters. The van der Waals surface area contributed by atoms with Gasteiger partial charge in [-0.05, 0) is 206 Å². The van der Waals surface area contributed by atoms with Crippen LogP contribution in [0.25, 0.3) is 12.2 Å². The van der Waals surface area contributed by atoms with Gasteiger partial charge in [0.25, 0.3) is 0 Å². The zero-order valence-corrected chi connectivity index (χ0v) is 68.6. The molecule has 1 N–H and O–H groups in total. The van der Waals surface area contributed by atoms with E-state index in [0.717, 1.165) is 84.7 Å². The van der Waals surface area contributed by atoms with Crippen LogP contribution in [-0.4, -0.2) is 83.9 Å². The average molecular weight is 1410 g/mol. The second-order valence-electron chi connectivity index (χ2n) is 33.9. The molecule has 3 atom stereocenters. The summed E-state index contributed by atoms with van der Waals surface area (Å²) in [5.41, 5.74) is 6.24. The van der Waals surface area contributed by atoms with Crippen molar-refractivity contribution in [3.8, 4) is 37.0 Å². The Kier molecular flexibility index (Phi) is 38.7. The lowest BCUT2D eigenvalue weighted by Gasteiger charge is -2.30. The van der Waals surface area contributed by atoms with Crippen molar-refractivity contribution in [3.05, 3.63) is 155 Å². The molecule has 0 saturated carbocycles. The summed E-state index contributed by atoms with van der Waals surface area (Å²) in [4.78, 5) is 50.6. The number of carbonyl (C=O) groups is 3. The Balaban J connectivity index is 0.00000110. The van der Waals surface area contributed by atoms with Crippen LogP contribution in [0.2, 0.25) is 0 Å². The molecular formula is C84H129N11O3S2. The Morgan fingerprint density at radius 3 is 1.56 bits per heavy atom. The molecule has 7 heterocycles. The molecule has 0 radical (unpaired) electrons. The normalized spacial score (nSPS) is 15.8. The number of nitrogens with zero attached hydrogens (tertiary/aromatic N) is 10. The summed E-state index contributed by atoms with van der Waals surface area (Å²) in [5, 5.41) is 13.4. The van der Waals surface area contributed by atoms with Crippen LogP contribution in [0.1, 0.15) is 264 Å². The van der Waals surface area contributed by atoms with Crippen LogP contribution < -0.4 is 0 Å². The van der Waals surface area contributed by atoms with E-state index in [1.807, 2.05) is 79.4 Å². The standard InChI is InChI=1S/C11H19NO.2C10H16O.C9H12N2.C9H14N2.2C9H11NS.C8H14N2.C5H6N2.C4H10/c1-5-10(13)12-7-6-9(8-12)11(2,3)4;1-10(2,3)8-5-4-6-9(11)7-8;1-10(2,3)8-6-4-5-7-9(8)11;1-5-8-10-6-7-11(8)9(2,3)4;1-5-8-6-7-11(10-8)9(2,3)4;1-5-8-10-7(6-11-8)9(2,3)4;1-5-8-7(6-11-10-8)9(2,3)4;1-7-5-6-10(9-7)8(2,3)4;1-2-5-6-3-4-7-5;1-4(2)3/h5,9H,1,6-8H2,2-4H3;4,6,8H,5,7H2,1-3H3;5,7-8H,4,6H2,1-3H3;1,6-7H,2-4H3;5-7H,1H2,2-4H3;2*1,6H,2-4H3;5-6H,1-4H3;2-4H,1H2,(H,6,7);4H,1-3H3. The topological polar surface area (TPSA) is 162 Å². The van der Waals surface area contributed by atoms with Crippen LogP contribution in [0.3, 0.4) is 0 Å². The first-order valence-electron chi connectivity index (χ1n) is 34.8. The summed E-state index contributed by atoms with van der Waals surface area (Å²) in [7, 11) is 0. The maximum absolute atomic E-state index is 11.4. The number of thiazole rings is 1. The molecule has 6 aromatic rings. The van der Waals surface area contributed by atoms with Crippen molar-refractivity contribution in [2.75, 3.05) is 13.1 Å². The number of hydrogen-bond acceptors (Lipinski definition) is 11. The number of imidazole rings is 2. The van der Waals surface area contributed by atoms with Crippen LogP contribution in [-0.2, 0) is 41.8 Å². The number of terminal acetylenes is 3. The van der Waals surface area contributed by atoms with E-state index in [2.05, 4.69) is 259 Å². The van der Waals surface area contributed by atoms with Gasteiger partial charge in [0, 0.05) is 89.9 Å². The van der Waals surface area contributed by atoms with Gasteiger partial charge < -0.3 is 14.5 Å². The first kappa shape index (κ1) is 92.3. The van der Waals surface area contributed by atoms with Crippen molar-refractivity contribution in [2.24, 2.45) is 39.9 Å². The molecular weight excluding hydrogens is 1280 g/mol. The summed E-state index contributed by atoms with van der Waals surface area (Å²) in [6.07, 6.45) is 44.1. The molecule has 1 amide bonds. The molecule has 9 rings (SSSR count). The summed E-state index contributed by atoms with van der Waals surface area (Å²) in [6, 6.07) is 3.98. The monoisotopic (exact) mass is 1400 g/mol. The molecule has 1 saturated heterocycles. The van der Waals surface area contributed by atoms with E-state index in [9.17, 15) is 14.4 Å². The van der Waals surface area contributed by atoms with Gasteiger partial charge in [0.2, 0.25) is 5.91 Å². The van der Waals surface area contributed by atoms with Crippen molar-refractivity contribution >= 4 is 52.5 Å². The minimum atomic E-state index is 0.0260. The van der Waals surface area contributed by atoms with E-state index in [4.69, 9.17) is 19.3 Å². The molecule has 16 heteroatoms. The van der Waals surface area contributed by atoms with Gasteiger partial charge in [-0.15, -0.1) is 30.6 Å². The summed E-state index contributed by atoms with van der Waals surface area (Å²) in [6.45, 7) is 72.5. The van der Waals surface area contributed by atoms with E-state index in [0.29, 0.717) is 28.9 Å². The van der Waals surface area contributed by atoms with Crippen molar-refractivity contribution in [3.63, 3.8) is 0 Å². The fourth-order valence-electron chi connectivity index (χ4n) is 9.30. The van der Waals surface area contributed by atoms with E-state index in [-0.39, 0.29) is 55.9 Å². The van der Waals surface area contributed by atoms with Crippen molar-refractivity contribution in [1.29, 1.82) is 0 Å². The lowest BCUT2D eigenvalue weighted by Crippen LogP contribution is -2.29. The number of carbonyl (C=O) groups excluding carboxylic acids is 3. The number of aryl methyl sites for hydroxylation is 1. The number of aromatic amines is 1. The summed E-state index contributed by atoms with van der Waals surface area (Å²) < 4.78 is 9.99. The van der Waals surface area contributed by atoms with Crippen LogP contribution >= 0.6 is 22.9 Å². The molecule has 0 spiro atoms. The zero-order valence-electron chi connectivity index (χ0n) is 66.9. The minimum Gasteiger partial charge on any atom is -0.345 e. The van der Waals surface area contributed by atoms with Gasteiger partial charge in [-0.3, -0.25) is 23.7 Å². The van der Waals surface area contributed by atoms with Gasteiger partial charge in [-0.25, -0.2) is 15.0 Å². The van der Waals surface area contributed by atoms with Crippen molar-refractivity contribution in [2.45, 2.75) is 253 Å². The lowest BCUT2D eigenvalue weighted by atomic mass is 9.74. The predicted molar refractivity (Wildman–Crippen MR) is 428 cm³/mol. The molecule has 0 aromatic carbocycles. The van der Waals surface area contributed by atoms with Gasteiger partial charge in [0.1, 0.15) is 11.5 Å². The maximum atomic E-state index is 11.4. The smallest absolute Gasteiger partial charge is 0.245 e. The average Bonchev–Trinajstić information content (AvgIpc) is 1.59. The lowest BCUT2D eigenvalue weighted by molar-refractivity contribution is -0.125. The zero-order chi connectivity index (χ0) is 77.4. The Labute approximate surface area is 615 Å². The van der Waals surface area contributed by atoms with Crippen LogP contribution in [0.4, 0.5) is 0 Å². The molecule has 2 aliphatic carbocycles. The third-order valence-corrected chi connectivity index (χ3v) is 17.0. The third-order valence-electron chi connectivity index (χ3n) is 15.6. The predicted octanol–water partition coefficient (Wildman–Crippen LogP) is 20.6. The molecule has 1 aliphatic heterocycles. The first-order chi connectivity index (χ1) is 45.8. The summed E-state index contributed by atoms with van der Waals surface area (Å²) in [5.74, 6) is 12.1. The van der Waals surface area contributed by atoms with Crippen LogP contribution in [0, 0.1) is 83.9 Å². The van der Waals surface area contributed by atoms with E-state index in [1.54, 1.807) is 42.9 Å². The Hall–Kier alpha value is -7.71. The maximum Gasteiger partial charge on any atom is 0.245 e. The Morgan fingerprint density at radius 2 is 1.25 bits per heavy atom. The number of amides is 1. The highest BCUT2D eigenvalue weighted by Crippen LogP contribution is 2.36. The van der Waals surface area contributed by atoms with Crippen LogP contribution in [0.5, 0.6) is 0 Å². The molecule has 14 nitrogen and oxygen atoms in total. The number of hydrogen-bond donors (Lipinski definition) is 1. The number of ketones is 2. The third kappa shape index (κ3) is 36.6. The van der Waals surface area contributed by atoms with Crippen LogP contribution in [0.15, 0.2) is 110 Å². The van der Waals surface area contributed by atoms with Gasteiger partial charge in [0.15, 0.2) is 22.4 Å². The van der Waals surface area contributed by atoms with Crippen molar-refractivity contribution in [1.82, 2.24) is 53.3 Å². The SMILES string of the molecule is C#Cc1nc(C(C)(C)C)cs1.C#Cc1nccn1C(C)(C)C.C#Cc1nscc1C(C)(C)C.C=CC(=O)N1CCC(C(C)(C)C)C1.C=Cc1ccn(C(C)(C)C)n1.C=Cc1ncc[nH]1.CC(C)(C)C1CC=CC(=O)C1.CC(C)(C)C1CCC=CC1=O.CC(C)C.Cc1ccn(C(C)(C)C)n1. The largest absolute Gasteiger partial charge is 0.345 e. The highest BCUT2D eigenvalue weighted by atomic mass is 32.1. The molecule has 6 aromatic heterocycles. The van der Waals surface area contributed by atoms with E-state index < -0.39 is 0 Å². The number of allylic oxidation sites excluding steroid dienone is 4. The van der Waals surface area contributed by atoms with Gasteiger partial charge in [-0.1, -0.05) is 157 Å². The fraction of sp³-hybridized carbons (Fsp3) is 0.560. The number of rotatable bonds is 3. The van der Waals surface area contributed by atoms with Gasteiger partial charge in [-0.2, -0.15) is 14.6 Å². The van der Waals surface area contributed by atoms with Gasteiger partial charge >= 0.3 is 0 Å². The molecule has 100 heavy (non-hydrogen) atoms. The summed E-state index contributed by atoms with van der Waals surface area (Å²) >= 11 is 2.95. The highest BCUT2D eigenvalue weighted by molar-refractivity contribution is 7.10.